The van der Waals surface area contributed by atoms with Crippen LogP contribution < -0.4 is 10.6 Å². The highest BCUT2D eigenvalue weighted by Crippen LogP contribution is 2.18. The van der Waals surface area contributed by atoms with Gasteiger partial charge in [0.1, 0.15) is 5.76 Å². The molecular weight excluding hydrogens is 367 g/mol. The van der Waals surface area contributed by atoms with E-state index in [0.717, 1.165) is 18.3 Å². The van der Waals surface area contributed by atoms with Crippen LogP contribution in [0, 0.1) is 12.3 Å². The number of halogens is 1. The first kappa shape index (κ1) is 18.8. The lowest BCUT2D eigenvalue weighted by molar-refractivity contribution is 0.265. The van der Waals surface area contributed by atoms with Gasteiger partial charge >= 0.3 is 0 Å². The third kappa shape index (κ3) is 6.30. The zero-order valence-electron chi connectivity index (χ0n) is 12.2. The Morgan fingerprint density at radius 2 is 2.25 bits per heavy atom. The van der Waals surface area contributed by atoms with E-state index < -0.39 is 0 Å². The molecule has 0 aliphatic rings. The molecule has 0 saturated heterocycles. The summed E-state index contributed by atoms with van der Waals surface area (Å²) in [6.45, 7) is 3.87. The lowest BCUT2D eigenvalue weighted by atomic mass is 10.2. The summed E-state index contributed by atoms with van der Waals surface area (Å²) >= 11 is 0. The number of nitrogens with one attached hydrogen (secondary N) is 2. The van der Waals surface area contributed by atoms with E-state index >= 15 is 0 Å². The van der Waals surface area contributed by atoms with Crippen molar-refractivity contribution in [3.63, 3.8) is 0 Å². The van der Waals surface area contributed by atoms with Crippen LogP contribution in [0.4, 0.5) is 0 Å². The van der Waals surface area contributed by atoms with Crippen molar-refractivity contribution in [1.82, 2.24) is 15.5 Å². The Balaban J connectivity index is 0.00000361. The highest BCUT2D eigenvalue weighted by Gasteiger charge is 2.16. The summed E-state index contributed by atoms with van der Waals surface area (Å²) in [4.78, 5) is 6.60. The monoisotopic (exact) mass is 390 g/mol. The van der Waals surface area contributed by atoms with Crippen LogP contribution >= 0.6 is 24.0 Å². The summed E-state index contributed by atoms with van der Waals surface area (Å²) in [5.74, 6) is 4.16. The second-order valence-electron chi connectivity index (χ2n) is 4.27. The predicted molar refractivity (Wildman–Crippen MR) is 93.4 cm³/mol. The average Bonchev–Trinajstić information content (AvgIpc) is 2.89. The van der Waals surface area contributed by atoms with Gasteiger partial charge in [-0.1, -0.05) is 5.92 Å². The van der Waals surface area contributed by atoms with Crippen molar-refractivity contribution in [2.45, 2.75) is 13.0 Å². The molecule has 1 aromatic rings. The summed E-state index contributed by atoms with van der Waals surface area (Å²) in [5.41, 5.74) is 0. The second-order valence-corrected chi connectivity index (χ2v) is 4.27. The number of aliphatic imine (C=N–C) groups is 1. The van der Waals surface area contributed by atoms with Crippen LogP contribution in [0.3, 0.4) is 0 Å². The average molecular weight is 390 g/mol. The zero-order valence-corrected chi connectivity index (χ0v) is 14.5. The highest BCUT2D eigenvalue weighted by atomic mass is 127. The number of likely N-dealkylation sites (N-methyl/N-ethyl adjacent to an activating group) is 1. The van der Waals surface area contributed by atoms with Crippen molar-refractivity contribution in [3.8, 4) is 12.3 Å². The Bertz CT molecular complexity index is 423. The van der Waals surface area contributed by atoms with Crippen LogP contribution in [0.2, 0.25) is 0 Å². The largest absolute Gasteiger partial charge is 0.468 e. The molecule has 6 heteroatoms. The van der Waals surface area contributed by atoms with Gasteiger partial charge in [-0.15, -0.1) is 30.4 Å². The third-order valence-corrected chi connectivity index (χ3v) is 2.62. The van der Waals surface area contributed by atoms with Crippen LogP contribution in [0.1, 0.15) is 18.7 Å². The van der Waals surface area contributed by atoms with E-state index in [1.165, 1.54) is 0 Å². The van der Waals surface area contributed by atoms with Gasteiger partial charge in [-0.05, 0) is 33.2 Å². The van der Waals surface area contributed by atoms with Gasteiger partial charge in [0.25, 0.3) is 0 Å². The number of furan rings is 1. The lowest BCUT2D eigenvalue weighted by Gasteiger charge is -2.21. The van der Waals surface area contributed by atoms with Gasteiger partial charge in [-0.25, -0.2) is 0 Å². The van der Waals surface area contributed by atoms with E-state index in [4.69, 9.17) is 10.8 Å². The predicted octanol–water partition coefficient (Wildman–Crippen LogP) is 1.69. The molecule has 0 saturated carbocycles. The highest BCUT2D eigenvalue weighted by molar-refractivity contribution is 14.0. The maximum absolute atomic E-state index is 5.45. The van der Waals surface area contributed by atoms with Crippen molar-refractivity contribution >= 4 is 29.9 Å². The molecule has 1 rings (SSSR count). The lowest BCUT2D eigenvalue weighted by Crippen LogP contribution is -2.38. The Kier molecular flexibility index (Phi) is 9.94. The summed E-state index contributed by atoms with van der Waals surface area (Å²) in [6.07, 6.45) is 6.91. The molecule has 0 aliphatic heterocycles. The molecule has 0 bridgehead atoms. The van der Waals surface area contributed by atoms with Crippen LogP contribution in [0.15, 0.2) is 27.8 Å². The first-order valence-electron chi connectivity index (χ1n) is 6.34. The topological polar surface area (TPSA) is 52.8 Å². The van der Waals surface area contributed by atoms with Crippen LogP contribution in [-0.2, 0) is 0 Å². The smallest absolute Gasteiger partial charge is 0.192 e. The molecular formula is C14H23IN4O. The van der Waals surface area contributed by atoms with Crippen molar-refractivity contribution in [3.05, 3.63) is 24.2 Å². The number of rotatable bonds is 6. The van der Waals surface area contributed by atoms with Gasteiger partial charge in [0.15, 0.2) is 5.96 Å². The number of guanidine groups is 1. The Morgan fingerprint density at radius 1 is 1.50 bits per heavy atom. The van der Waals surface area contributed by atoms with Crippen molar-refractivity contribution in [2.75, 3.05) is 33.7 Å². The number of hydrogen-bond acceptors (Lipinski definition) is 3. The van der Waals surface area contributed by atoms with E-state index in [1.807, 2.05) is 33.2 Å². The minimum absolute atomic E-state index is 0. The molecule has 0 spiro atoms. The second kappa shape index (κ2) is 10.6. The quantitative estimate of drug-likeness (QED) is 0.336. The molecule has 2 N–H and O–H groups in total. The van der Waals surface area contributed by atoms with E-state index in [0.29, 0.717) is 13.1 Å². The first-order chi connectivity index (χ1) is 9.19. The normalized spacial score (nSPS) is 12.4. The fourth-order valence-corrected chi connectivity index (χ4v) is 1.64. The molecule has 0 amide bonds. The van der Waals surface area contributed by atoms with Crippen LogP contribution in [0.25, 0.3) is 0 Å². The number of terminal acetylenes is 1. The van der Waals surface area contributed by atoms with E-state index in [-0.39, 0.29) is 30.0 Å². The molecule has 1 unspecified atom stereocenters. The molecule has 0 fully saturated rings. The Hall–Kier alpha value is -1.20. The summed E-state index contributed by atoms with van der Waals surface area (Å²) in [7, 11) is 4.01. The summed E-state index contributed by atoms with van der Waals surface area (Å²) < 4.78 is 5.45. The first-order valence-corrected chi connectivity index (χ1v) is 6.34. The summed E-state index contributed by atoms with van der Waals surface area (Å²) in [6, 6.07) is 3.95. The molecule has 0 aliphatic carbocycles. The zero-order chi connectivity index (χ0) is 14.1. The maximum Gasteiger partial charge on any atom is 0.192 e. The van der Waals surface area contributed by atoms with E-state index in [2.05, 4.69) is 26.4 Å². The maximum atomic E-state index is 5.45. The van der Waals surface area contributed by atoms with Gasteiger partial charge in [0, 0.05) is 6.54 Å². The van der Waals surface area contributed by atoms with Gasteiger partial charge in [-0.3, -0.25) is 9.89 Å². The SMILES string of the molecule is C#CCNC(=NCC(c1ccco1)N(C)C)NCC.I. The Morgan fingerprint density at radius 3 is 2.75 bits per heavy atom. The van der Waals surface area contributed by atoms with Crippen LogP contribution in [-0.4, -0.2) is 44.6 Å². The van der Waals surface area contributed by atoms with Gasteiger partial charge in [0.05, 0.1) is 25.4 Å². The number of hydrogen-bond donors (Lipinski definition) is 2. The van der Waals surface area contributed by atoms with Crippen LogP contribution in [0.5, 0.6) is 0 Å². The minimum atomic E-state index is 0. The summed E-state index contributed by atoms with van der Waals surface area (Å²) in [5, 5.41) is 6.21. The standard InChI is InChI=1S/C14H22N4O.HI/c1-5-9-16-14(15-6-2)17-11-12(18(3)4)13-8-7-10-19-13;/h1,7-8,10,12H,6,9,11H2,2-4H3,(H2,15,16,17);1H. The third-order valence-electron chi connectivity index (χ3n) is 2.62. The van der Waals surface area contributed by atoms with Gasteiger partial charge in [-0.2, -0.15) is 0 Å². The molecule has 1 aromatic heterocycles. The molecule has 1 heterocycles. The minimum Gasteiger partial charge on any atom is -0.468 e. The van der Waals surface area contributed by atoms with Crippen molar-refractivity contribution in [2.24, 2.45) is 4.99 Å². The molecule has 5 nitrogen and oxygen atoms in total. The fourth-order valence-electron chi connectivity index (χ4n) is 1.64. The Labute approximate surface area is 138 Å². The molecule has 1 atom stereocenters. The van der Waals surface area contributed by atoms with Gasteiger partial charge < -0.3 is 15.1 Å². The van der Waals surface area contributed by atoms with E-state index in [9.17, 15) is 0 Å². The fraction of sp³-hybridized carbons (Fsp3) is 0.500. The van der Waals surface area contributed by atoms with E-state index in [1.54, 1.807) is 6.26 Å². The molecule has 112 valence electrons. The van der Waals surface area contributed by atoms with Crippen molar-refractivity contribution < 1.29 is 4.42 Å². The number of nitrogens with zero attached hydrogens (tertiary/aromatic N) is 2. The molecule has 0 aromatic carbocycles. The molecule has 20 heavy (non-hydrogen) atoms. The molecule has 0 radical (unpaired) electrons. The van der Waals surface area contributed by atoms with Gasteiger partial charge in [0.2, 0.25) is 0 Å². The van der Waals surface area contributed by atoms with Crippen molar-refractivity contribution in [1.29, 1.82) is 0 Å².